The summed E-state index contributed by atoms with van der Waals surface area (Å²) < 4.78 is 15.3. The number of rotatable bonds is 9. The van der Waals surface area contributed by atoms with Crippen molar-refractivity contribution >= 4 is 11.9 Å². The van der Waals surface area contributed by atoms with Gasteiger partial charge in [-0.15, -0.1) is 0 Å². The molecule has 0 fully saturated rings. The second-order valence-corrected chi connectivity index (χ2v) is 3.30. The highest BCUT2D eigenvalue weighted by Gasteiger charge is 2.10. The van der Waals surface area contributed by atoms with Crippen LogP contribution in [0.15, 0.2) is 12.3 Å². The second kappa shape index (κ2) is 11.5. The van der Waals surface area contributed by atoms with Crippen molar-refractivity contribution in [1.82, 2.24) is 10.6 Å². The van der Waals surface area contributed by atoms with Gasteiger partial charge < -0.3 is 19.5 Å². The van der Waals surface area contributed by atoms with Crippen LogP contribution in [0.25, 0.3) is 0 Å². The summed E-state index contributed by atoms with van der Waals surface area (Å²) in [5.74, 6) is -0.560. The first-order valence-electron chi connectivity index (χ1n) is 6.24. The molecule has 0 spiro atoms. The van der Waals surface area contributed by atoms with Crippen LogP contribution < -0.4 is 10.6 Å². The average Bonchev–Trinajstić information content (AvgIpc) is 2.37. The van der Waals surface area contributed by atoms with Crippen LogP contribution in [0.1, 0.15) is 20.8 Å². The SMILES string of the molecule is CCOC=CC(=O)NC(=O)NCC(OCC)OCC. The van der Waals surface area contributed by atoms with E-state index in [-0.39, 0.29) is 6.54 Å². The van der Waals surface area contributed by atoms with Gasteiger partial charge in [0.25, 0.3) is 5.91 Å². The molecule has 110 valence electrons. The van der Waals surface area contributed by atoms with Gasteiger partial charge in [0.15, 0.2) is 6.29 Å². The van der Waals surface area contributed by atoms with E-state index >= 15 is 0 Å². The molecule has 0 aromatic heterocycles. The zero-order valence-corrected chi connectivity index (χ0v) is 11.6. The van der Waals surface area contributed by atoms with E-state index in [1.165, 1.54) is 6.26 Å². The van der Waals surface area contributed by atoms with Crippen LogP contribution in [0.2, 0.25) is 0 Å². The summed E-state index contributed by atoms with van der Waals surface area (Å²) in [6.07, 6.45) is 1.84. The van der Waals surface area contributed by atoms with E-state index in [4.69, 9.17) is 14.2 Å². The third-order valence-corrected chi connectivity index (χ3v) is 1.85. The minimum atomic E-state index is -0.615. The smallest absolute Gasteiger partial charge is 0.321 e. The molecule has 0 saturated heterocycles. The zero-order valence-electron chi connectivity index (χ0n) is 11.6. The quantitative estimate of drug-likeness (QED) is 0.368. The Morgan fingerprint density at radius 2 is 1.74 bits per heavy atom. The van der Waals surface area contributed by atoms with Crippen molar-refractivity contribution in [2.24, 2.45) is 0 Å². The molecule has 0 radical (unpaired) electrons. The average molecular weight is 274 g/mol. The first kappa shape index (κ1) is 17.4. The van der Waals surface area contributed by atoms with E-state index in [0.29, 0.717) is 19.8 Å². The monoisotopic (exact) mass is 274 g/mol. The number of carbonyl (C=O) groups is 2. The molecule has 0 rings (SSSR count). The molecule has 7 heteroatoms. The van der Waals surface area contributed by atoms with Crippen molar-refractivity contribution in [2.45, 2.75) is 27.1 Å². The number of urea groups is 1. The number of imide groups is 1. The van der Waals surface area contributed by atoms with E-state index in [1.807, 2.05) is 13.8 Å². The highest BCUT2D eigenvalue weighted by atomic mass is 16.7. The summed E-state index contributed by atoms with van der Waals surface area (Å²) >= 11 is 0. The molecule has 19 heavy (non-hydrogen) atoms. The first-order chi connectivity index (χ1) is 9.13. The number of amides is 3. The number of nitrogens with one attached hydrogen (secondary N) is 2. The zero-order chi connectivity index (χ0) is 14.5. The van der Waals surface area contributed by atoms with Gasteiger partial charge in [-0.2, -0.15) is 0 Å². The Labute approximate surface area is 113 Å². The Morgan fingerprint density at radius 3 is 2.26 bits per heavy atom. The lowest BCUT2D eigenvalue weighted by Crippen LogP contribution is -2.43. The molecule has 0 aliphatic heterocycles. The molecular formula is C12H22N2O5. The lowest BCUT2D eigenvalue weighted by atomic mass is 10.5. The van der Waals surface area contributed by atoms with Gasteiger partial charge in [-0.25, -0.2) is 4.79 Å². The topological polar surface area (TPSA) is 85.9 Å². The molecule has 0 unspecified atom stereocenters. The van der Waals surface area contributed by atoms with Gasteiger partial charge in [0.05, 0.1) is 19.4 Å². The molecule has 0 heterocycles. The van der Waals surface area contributed by atoms with E-state index in [2.05, 4.69) is 10.6 Å². The second-order valence-electron chi connectivity index (χ2n) is 3.30. The van der Waals surface area contributed by atoms with Crippen molar-refractivity contribution in [3.05, 3.63) is 12.3 Å². The van der Waals surface area contributed by atoms with Gasteiger partial charge in [-0.1, -0.05) is 0 Å². The fourth-order valence-corrected chi connectivity index (χ4v) is 1.12. The minimum Gasteiger partial charge on any atom is -0.501 e. The number of hydrogen-bond acceptors (Lipinski definition) is 5. The summed E-state index contributed by atoms with van der Waals surface area (Å²) in [7, 11) is 0. The third-order valence-electron chi connectivity index (χ3n) is 1.85. The summed E-state index contributed by atoms with van der Waals surface area (Å²) in [6.45, 7) is 7.02. The molecule has 0 bridgehead atoms. The summed E-state index contributed by atoms with van der Waals surface area (Å²) in [4.78, 5) is 22.6. The molecule has 2 N–H and O–H groups in total. The van der Waals surface area contributed by atoms with Crippen LogP contribution in [0.5, 0.6) is 0 Å². The van der Waals surface area contributed by atoms with Crippen LogP contribution in [0.3, 0.4) is 0 Å². The third kappa shape index (κ3) is 10.0. The maximum atomic E-state index is 11.4. The predicted molar refractivity (Wildman–Crippen MR) is 69.3 cm³/mol. The maximum Gasteiger partial charge on any atom is 0.321 e. The van der Waals surface area contributed by atoms with E-state index in [9.17, 15) is 9.59 Å². The summed E-state index contributed by atoms with van der Waals surface area (Å²) in [6, 6.07) is -0.615. The molecule has 0 aromatic carbocycles. The molecule has 0 aliphatic carbocycles. The van der Waals surface area contributed by atoms with Crippen molar-refractivity contribution in [3.63, 3.8) is 0 Å². The molecule has 7 nitrogen and oxygen atoms in total. The largest absolute Gasteiger partial charge is 0.501 e. The Morgan fingerprint density at radius 1 is 1.11 bits per heavy atom. The van der Waals surface area contributed by atoms with Crippen molar-refractivity contribution in [3.8, 4) is 0 Å². The fourth-order valence-electron chi connectivity index (χ4n) is 1.12. The van der Waals surface area contributed by atoms with E-state index in [1.54, 1.807) is 6.92 Å². The van der Waals surface area contributed by atoms with Crippen LogP contribution in [0, 0.1) is 0 Å². The Kier molecular flexibility index (Phi) is 10.5. The van der Waals surface area contributed by atoms with Crippen LogP contribution >= 0.6 is 0 Å². The highest BCUT2D eigenvalue weighted by molar-refractivity contribution is 6.00. The lowest BCUT2D eigenvalue weighted by Gasteiger charge is -2.17. The van der Waals surface area contributed by atoms with Gasteiger partial charge in [-0.05, 0) is 20.8 Å². The Balaban J connectivity index is 3.92. The molecular weight excluding hydrogens is 252 g/mol. The fraction of sp³-hybridized carbons (Fsp3) is 0.667. The van der Waals surface area contributed by atoms with Crippen LogP contribution in [-0.4, -0.2) is 44.6 Å². The summed E-state index contributed by atoms with van der Waals surface area (Å²) in [5, 5.41) is 4.59. The lowest BCUT2D eigenvalue weighted by molar-refractivity contribution is -0.131. The molecule has 0 atom stereocenters. The first-order valence-corrected chi connectivity index (χ1v) is 6.24. The van der Waals surface area contributed by atoms with E-state index < -0.39 is 18.2 Å². The standard InChI is InChI=1S/C12H22N2O5/c1-4-17-8-7-10(15)14-12(16)13-9-11(18-5-2)19-6-3/h7-8,11H,4-6,9H2,1-3H3,(H2,13,14,15,16). The van der Waals surface area contributed by atoms with Gasteiger partial charge in [-0.3, -0.25) is 10.1 Å². The summed E-state index contributed by atoms with van der Waals surface area (Å²) in [5.41, 5.74) is 0. The van der Waals surface area contributed by atoms with Crippen molar-refractivity contribution in [2.75, 3.05) is 26.4 Å². The highest BCUT2D eigenvalue weighted by Crippen LogP contribution is 1.93. The van der Waals surface area contributed by atoms with Gasteiger partial charge in [0, 0.05) is 19.3 Å². The number of carbonyl (C=O) groups excluding carboxylic acids is 2. The minimum absolute atomic E-state index is 0.163. The van der Waals surface area contributed by atoms with Gasteiger partial charge >= 0.3 is 6.03 Å². The number of ether oxygens (including phenoxy) is 3. The van der Waals surface area contributed by atoms with Crippen molar-refractivity contribution in [1.29, 1.82) is 0 Å². The van der Waals surface area contributed by atoms with Gasteiger partial charge in [0.2, 0.25) is 0 Å². The van der Waals surface area contributed by atoms with Crippen molar-refractivity contribution < 1.29 is 23.8 Å². The molecule has 0 aliphatic rings. The molecule has 3 amide bonds. The normalized spacial score (nSPS) is 10.7. The Bertz CT molecular complexity index is 288. The van der Waals surface area contributed by atoms with Gasteiger partial charge in [0.1, 0.15) is 0 Å². The number of hydrogen-bond donors (Lipinski definition) is 2. The van der Waals surface area contributed by atoms with Crippen LogP contribution in [-0.2, 0) is 19.0 Å². The maximum absolute atomic E-state index is 11.4. The molecule has 0 saturated carbocycles. The van der Waals surface area contributed by atoms with Crippen LogP contribution in [0.4, 0.5) is 4.79 Å². The molecule has 0 aromatic rings. The predicted octanol–water partition coefficient (Wildman–Crippen LogP) is 0.762. The Hall–Kier alpha value is -1.60. The van der Waals surface area contributed by atoms with E-state index in [0.717, 1.165) is 6.08 Å².